The van der Waals surface area contributed by atoms with Gasteiger partial charge in [-0.2, -0.15) is 0 Å². The first-order valence-corrected chi connectivity index (χ1v) is 7.33. The Morgan fingerprint density at radius 3 is 2.91 bits per heavy atom. The van der Waals surface area contributed by atoms with Gasteiger partial charge in [-0.3, -0.25) is 14.4 Å². The normalized spacial score (nSPS) is 23.6. The van der Waals surface area contributed by atoms with E-state index >= 15 is 0 Å². The maximum atomic E-state index is 12.4. The summed E-state index contributed by atoms with van der Waals surface area (Å²) in [5.41, 5.74) is 5.54. The molecule has 0 aliphatic carbocycles. The highest BCUT2D eigenvalue weighted by Crippen LogP contribution is 2.20. The summed E-state index contributed by atoms with van der Waals surface area (Å²) in [5.74, 6) is -0.467. The third-order valence-corrected chi connectivity index (χ3v) is 4.07. The van der Waals surface area contributed by atoms with Crippen LogP contribution in [0.1, 0.15) is 9.67 Å². The lowest BCUT2D eigenvalue weighted by molar-refractivity contribution is -0.125. The lowest BCUT2D eigenvalue weighted by Crippen LogP contribution is -2.44. The van der Waals surface area contributed by atoms with Crippen LogP contribution in [0, 0.1) is 5.92 Å². The fourth-order valence-corrected chi connectivity index (χ4v) is 2.99. The number of hydrogen-bond acceptors (Lipinski definition) is 7. The topological polar surface area (TPSA) is 135 Å². The fourth-order valence-electron chi connectivity index (χ4n) is 2.34. The largest absolute Gasteiger partial charge is 0.483 e. The number of carboxylic acid groups (broad SMARTS) is 1. The molecule has 2 amide bonds. The van der Waals surface area contributed by atoms with Gasteiger partial charge in [0.25, 0.3) is 12.4 Å². The van der Waals surface area contributed by atoms with Gasteiger partial charge in [0.1, 0.15) is 4.88 Å². The maximum absolute atomic E-state index is 12.4. The number of hydrogen-bond donors (Lipinski definition) is 3. The van der Waals surface area contributed by atoms with Crippen molar-refractivity contribution >= 4 is 34.8 Å². The Hall–Kier alpha value is -2.20. The molecule has 0 spiro atoms. The third-order valence-electron chi connectivity index (χ3n) is 3.26. The average Bonchev–Trinajstić information content (AvgIpc) is 2.72. The van der Waals surface area contributed by atoms with Crippen molar-refractivity contribution in [3.8, 4) is 0 Å². The highest BCUT2D eigenvalue weighted by Gasteiger charge is 2.35. The number of thiazole rings is 1. The number of nitrogen functional groups attached to an aromatic ring is 1. The Morgan fingerprint density at radius 1 is 1.55 bits per heavy atom. The van der Waals surface area contributed by atoms with Gasteiger partial charge >= 0.3 is 0 Å². The molecular weight excluding hydrogens is 312 g/mol. The van der Waals surface area contributed by atoms with E-state index in [1.165, 1.54) is 6.20 Å². The number of aromatic nitrogens is 1. The van der Waals surface area contributed by atoms with Crippen LogP contribution in [0.4, 0.5) is 5.13 Å². The van der Waals surface area contributed by atoms with Crippen LogP contribution in [0.15, 0.2) is 6.20 Å². The Kier molecular flexibility index (Phi) is 5.28. The molecule has 2 atom stereocenters. The van der Waals surface area contributed by atoms with E-state index in [0.29, 0.717) is 36.3 Å². The molecule has 1 aromatic rings. The van der Waals surface area contributed by atoms with Crippen LogP contribution in [-0.4, -0.2) is 65.6 Å². The second kappa shape index (κ2) is 7.18. The Bertz CT molecular complexity index is 563. The van der Waals surface area contributed by atoms with Crippen LogP contribution in [0.3, 0.4) is 0 Å². The smallest absolute Gasteiger partial charge is 0.290 e. The van der Waals surface area contributed by atoms with Gasteiger partial charge in [0.05, 0.1) is 31.4 Å². The van der Waals surface area contributed by atoms with Crippen LogP contribution in [0.5, 0.6) is 0 Å². The number of fused-ring (bicyclic) bond motifs is 3. The zero-order valence-corrected chi connectivity index (χ0v) is 12.4. The molecule has 0 saturated carbocycles. The molecule has 0 unspecified atom stereocenters. The van der Waals surface area contributed by atoms with Gasteiger partial charge in [-0.05, 0) is 0 Å². The van der Waals surface area contributed by atoms with Gasteiger partial charge in [0.15, 0.2) is 5.13 Å². The van der Waals surface area contributed by atoms with Crippen molar-refractivity contribution in [2.75, 3.05) is 32.0 Å². The van der Waals surface area contributed by atoms with Crippen LogP contribution in [-0.2, 0) is 14.3 Å². The van der Waals surface area contributed by atoms with Gasteiger partial charge in [0, 0.05) is 13.1 Å². The number of carbonyl (C=O) groups excluding carboxylic acids is 2. The molecule has 0 radical (unpaired) electrons. The molecule has 2 saturated heterocycles. The monoisotopic (exact) mass is 328 g/mol. The molecular formula is C12H16N4O5S. The van der Waals surface area contributed by atoms with E-state index in [0.717, 1.165) is 11.3 Å². The summed E-state index contributed by atoms with van der Waals surface area (Å²) in [6.45, 7) is 1.38. The fraction of sp³-hybridized carbons (Fsp3) is 0.500. The number of nitrogens with two attached hydrogens (primary N) is 1. The Labute approximate surface area is 130 Å². The van der Waals surface area contributed by atoms with Gasteiger partial charge in [-0.15, -0.1) is 0 Å². The number of amides is 2. The molecule has 3 heterocycles. The summed E-state index contributed by atoms with van der Waals surface area (Å²) in [6, 6.07) is -0.144. The summed E-state index contributed by atoms with van der Waals surface area (Å²) in [5, 5.41) is 10.1. The second-order valence-electron chi connectivity index (χ2n) is 4.82. The molecule has 4 N–H and O–H groups in total. The zero-order valence-electron chi connectivity index (χ0n) is 11.6. The van der Waals surface area contributed by atoms with Crippen molar-refractivity contribution in [1.29, 1.82) is 0 Å². The number of carbonyl (C=O) groups is 3. The van der Waals surface area contributed by atoms with E-state index in [4.69, 9.17) is 20.4 Å². The summed E-state index contributed by atoms with van der Waals surface area (Å²) < 4.78 is 5.42. The molecule has 22 heavy (non-hydrogen) atoms. The van der Waals surface area contributed by atoms with E-state index in [9.17, 15) is 9.59 Å². The number of nitrogens with one attached hydrogen (secondary N) is 1. The molecule has 3 rings (SSSR count). The Morgan fingerprint density at radius 2 is 2.27 bits per heavy atom. The van der Waals surface area contributed by atoms with E-state index in [1.807, 2.05) is 0 Å². The SMILES string of the molecule is Nc1ncc(C(=O)N2C[C@H]3COC[C@@H](C2)C(=O)N3)s1.O=CO. The van der Waals surface area contributed by atoms with Crippen molar-refractivity contribution in [3.63, 3.8) is 0 Å². The Balaban J connectivity index is 0.000000545. The molecule has 10 heteroatoms. The summed E-state index contributed by atoms with van der Waals surface area (Å²) >= 11 is 1.16. The zero-order chi connectivity index (χ0) is 16.1. The third kappa shape index (κ3) is 3.71. The minimum Gasteiger partial charge on any atom is -0.483 e. The van der Waals surface area contributed by atoms with Crippen molar-refractivity contribution in [2.24, 2.45) is 5.92 Å². The quantitative estimate of drug-likeness (QED) is 0.563. The maximum Gasteiger partial charge on any atom is 0.290 e. The van der Waals surface area contributed by atoms with Gasteiger partial charge in [-0.1, -0.05) is 11.3 Å². The van der Waals surface area contributed by atoms with E-state index in [-0.39, 0.29) is 30.2 Å². The molecule has 2 aliphatic heterocycles. The van der Waals surface area contributed by atoms with Crippen molar-refractivity contribution in [2.45, 2.75) is 6.04 Å². The lowest BCUT2D eigenvalue weighted by atomic mass is 10.1. The summed E-state index contributed by atoms with van der Waals surface area (Å²) in [6.07, 6.45) is 1.48. The van der Waals surface area contributed by atoms with E-state index in [2.05, 4.69) is 10.3 Å². The minimum atomic E-state index is -0.304. The highest BCUT2D eigenvalue weighted by atomic mass is 32.1. The standard InChI is InChI=1S/C11H14N4O3S.CH2O2/c12-11-13-1-8(19-11)10(17)15-2-6-4-18-5-7(3-15)14-9(6)16;2-1-3/h1,6-7H,2-5H2,(H2,12,13)(H,14,16);1H,(H,2,3)/t6-,7+;/m1./s1. The van der Waals surface area contributed by atoms with Crippen molar-refractivity contribution in [3.05, 3.63) is 11.1 Å². The number of rotatable bonds is 1. The van der Waals surface area contributed by atoms with E-state index in [1.54, 1.807) is 4.90 Å². The summed E-state index contributed by atoms with van der Waals surface area (Å²) in [7, 11) is 0. The van der Waals surface area contributed by atoms with Crippen LogP contribution >= 0.6 is 11.3 Å². The predicted octanol–water partition coefficient (Wildman–Crippen LogP) is -0.987. The molecule has 2 bridgehead atoms. The lowest BCUT2D eigenvalue weighted by Gasteiger charge is -2.27. The second-order valence-corrected chi connectivity index (χ2v) is 5.88. The summed E-state index contributed by atoms with van der Waals surface area (Å²) in [4.78, 5) is 38.6. The first kappa shape index (κ1) is 16.2. The molecule has 1 aromatic heterocycles. The van der Waals surface area contributed by atoms with Gasteiger partial charge in [0.2, 0.25) is 5.91 Å². The van der Waals surface area contributed by atoms with E-state index < -0.39 is 0 Å². The molecule has 120 valence electrons. The van der Waals surface area contributed by atoms with Crippen LogP contribution in [0.2, 0.25) is 0 Å². The first-order chi connectivity index (χ1) is 10.5. The molecule has 2 aliphatic rings. The van der Waals surface area contributed by atoms with Crippen molar-refractivity contribution < 1.29 is 24.2 Å². The van der Waals surface area contributed by atoms with Crippen molar-refractivity contribution in [1.82, 2.24) is 15.2 Å². The van der Waals surface area contributed by atoms with Gasteiger partial charge in [-0.25, -0.2) is 4.98 Å². The molecule has 0 aromatic carbocycles. The number of ether oxygens (including phenoxy) is 1. The number of anilines is 1. The highest BCUT2D eigenvalue weighted by molar-refractivity contribution is 7.17. The number of nitrogens with zero attached hydrogens (tertiary/aromatic N) is 2. The first-order valence-electron chi connectivity index (χ1n) is 6.51. The predicted molar refractivity (Wildman–Crippen MR) is 77.4 cm³/mol. The minimum absolute atomic E-state index is 0.0402. The molecule has 9 nitrogen and oxygen atoms in total. The van der Waals surface area contributed by atoms with Gasteiger partial charge < -0.3 is 25.8 Å². The average molecular weight is 328 g/mol. The molecule has 2 fully saturated rings. The van der Waals surface area contributed by atoms with Crippen LogP contribution in [0.25, 0.3) is 0 Å². The van der Waals surface area contributed by atoms with Crippen LogP contribution < -0.4 is 11.1 Å².